The summed E-state index contributed by atoms with van der Waals surface area (Å²) in [5.74, 6) is 1.48. The third kappa shape index (κ3) is 4.12. The molecule has 0 aliphatic carbocycles. The van der Waals surface area contributed by atoms with E-state index in [-0.39, 0.29) is 19.7 Å². The molecule has 1 rings (SSSR count). The van der Waals surface area contributed by atoms with Crippen LogP contribution >= 0.6 is 0 Å². The predicted molar refractivity (Wildman–Crippen MR) is 64.4 cm³/mol. The zero-order valence-corrected chi connectivity index (χ0v) is 10.5. The Morgan fingerprint density at radius 2 is 2.05 bits per heavy atom. The first-order valence-electron chi connectivity index (χ1n) is 5.65. The maximum atomic E-state index is 11.4. The van der Waals surface area contributed by atoms with Gasteiger partial charge in [-0.3, -0.25) is 24.3 Å². The third-order valence-electron chi connectivity index (χ3n) is 2.35. The van der Waals surface area contributed by atoms with E-state index in [9.17, 15) is 14.4 Å². The molecule has 0 spiro atoms. The van der Waals surface area contributed by atoms with Gasteiger partial charge in [0.05, 0.1) is 13.1 Å². The Morgan fingerprint density at radius 3 is 2.58 bits per heavy atom. The molecule has 0 atom stereocenters. The minimum atomic E-state index is -0.711. The Hall–Kier alpha value is -2.33. The van der Waals surface area contributed by atoms with Crippen molar-refractivity contribution in [3.8, 4) is 12.3 Å². The zero-order chi connectivity index (χ0) is 14.3. The third-order valence-corrected chi connectivity index (χ3v) is 2.35. The molecule has 0 aromatic rings. The van der Waals surface area contributed by atoms with Crippen LogP contribution in [0.2, 0.25) is 0 Å². The summed E-state index contributed by atoms with van der Waals surface area (Å²) in [5.41, 5.74) is 0. The van der Waals surface area contributed by atoms with Gasteiger partial charge in [0.2, 0.25) is 0 Å². The number of imide groups is 1. The number of rotatable bonds is 6. The fourth-order valence-electron chi connectivity index (χ4n) is 1.34. The van der Waals surface area contributed by atoms with Crippen LogP contribution in [0.15, 0.2) is 12.2 Å². The first-order valence-corrected chi connectivity index (χ1v) is 5.65. The average molecular weight is 266 g/mol. The molecule has 0 saturated heterocycles. The Kier molecular flexibility index (Phi) is 5.57. The van der Waals surface area contributed by atoms with E-state index in [1.807, 2.05) is 0 Å². The van der Waals surface area contributed by atoms with Crippen molar-refractivity contribution >= 4 is 17.9 Å². The first-order chi connectivity index (χ1) is 9.10. The van der Waals surface area contributed by atoms with Crippen LogP contribution in [0.1, 0.15) is 6.92 Å². The maximum Gasteiger partial charge on any atom is 0.442 e. The molecule has 0 saturated carbocycles. The smallest absolute Gasteiger partial charge is 0.295 e. The van der Waals surface area contributed by atoms with Crippen LogP contribution in [-0.4, -0.2) is 53.9 Å². The molecular weight excluding hydrogens is 252 g/mol. The van der Waals surface area contributed by atoms with Crippen LogP contribution in [0.5, 0.6) is 0 Å². The number of hydrogen-bond donors (Lipinski definition) is 0. The molecule has 0 radical (unpaired) electrons. The molecule has 102 valence electrons. The Labute approximate surface area is 110 Å². The molecule has 1 aliphatic heterocycles. The van der Waals surface area contributed by atoms with Crippen LogP contribution in [0.25, 0.3) is 0 Å². The molecule has 19 heavy (non-hydrogen) atoms. The van der Waals surface area contributed by atoms with Crippen molar-refractivity contribution in [2.75, 3.05) is 26.2 Å². The highest BCUT2D eigenvalue weighted by Crippen LogP contribution is 2.03. The van der Waals surface area contributed by atoms with Crippen LogP contribution < -0.4 is 0 Å². The number of terminal acetylenes is 1. The number of nitrogens with zero attached hydrogens (tertiary/aromatic N) is 2. The first kappa shape index (κ1) is 14.7. The molecule has 1 aliphatic rings. The van der Waals surface area contributed by atoms with E-state index in [2.05, 4.69) is 15.7 Å². The van der Waals surface area contributed by atoms with Crippen molar-refractivity contribution in [2.45, 2.75) is 6.92 Å². The summed E-state index contributed by atoms with van der Waals surface area (Å²) in [5, 5.41) is 0. The summed E-state index contributed by atoms with van der Waals surface area (Å²) in [7, 11) is 0. The van der Waals surface area contributed by atoms with Gasteiger partial charge in [-0.1, -0.05) is 5.92 Å². The number of carbonyl (C=O) groups excluding carboxylic acids is 3. The van der Waals surface area contributed by atoms with E-state index < -0.39 is 17.9 Å². The van der Waals surface area contributed by atoms with Crippen LogP contribution in [0.4, 0.5) is 4.79 Å². The van der Waals surface area contributed by atoms with Gasteiger partial charge in [0, 0.05) is 18.7 Å². The summed E-state index contributed by atoms with van der Waals surface area (Å²) in [6, 6.07) is 0. The molecule has 0 fully saturated rings. The SMILES string of the molecule is C#CCN(CC)C(=O)OOCCN1C(=O)C=CC1=O. The molecule has 1 heterocycles. The van der Waals surface area contributed by atoms with E-state index in [1.54, 1.807) is 6.92 Å². The lowest BCUT2D eigenvalue weighted by Gasteiger charge is -2.17. The average Bonchev–Trinajstić information content (AvgIpc) is 2.71. The van der Waals surface area contributed by atoms with Crippen molar-refractivity contribution in [3.63, 3.8) is 0 Å². The van der Waals surface area contributed by atoms with Gasteiger partial charge in [-0.25, -0.2) is 4.79 Å². The van der Waals surface area contributed by atoms with Gasteiger partial charge in [-0.15, -0.1) is 6.42 Å². The van der Waals surface area contributed by atoms with Gasteiger partial charge >= 0.3 is 6.09 Å². The second-order valence-electron chi connectivity index (χ2n) is 3.55. The van der Waals surface area contributed by atoms with Crippen LogP contribution in [0, 0.1) is 12.3 Å². The molecule has 0 unspecified atom stereocenters. The molecule has 0 bridgehead atoms. The van der Waals surface area contributed by atoms with E-state index in [0.717, 1.165) is 4.90 Å². The second-order valence-corrected chi connectivity index (χ2v) is 3.55. The Balaban J connectivity index is 2.24. The van der Waals surface area contributed by atoms with Crippen molar-refractivity contribution in [2.24, 2.45) is 0 Å². The monoisotopic (exact) mass is 266 g/mol. The lowest BCUT2D eigenvalue weighted by molar-refractivity contribution is -0.246. The summed E-state index contributed by atoms with van der Waals surface area (Å²) in [6.07, 6.45) is 6.71. The molecule has 0 aromatic heterocycles. The van der Waals surface area contributed by atoms with Gasteiger partial charge in [-0.2, -0.15) is 4.89 Å². The van der Waals surface area contributed by atoms with Crippen molar-refractivity contribution < 1.29 is 24.2 Å². The van der Waals surface area contributed by atoms with Gasteiger partial charge < -0.3 is 0 Å². The summed E-state index contributed by atoms with van der Waals surface area (Å²) in [4.78, 5) is 45.2. The molecule has 7 heteroatoms. The van der Waals surface area contributed by atoms with Crippen LogP contribution in [-0.2, 0) is 19.4 Å². The molecule has 7 nitrogen and oxygen atoms in total. The summed E-state index contributed by atoms with van der Waals surface area (Å²) in [6.45, 7) is 2.16. The largest absolute Gasteiger partial charge is 0.442 e. The Morgan fingerprint density at radius 1 is 1.42 bits per heavy atom. The zero-order valence-electron chi connectivity index (χ0n) is 10.5. The van der Waals surface area contributed by atoms with Gasteiger partial charge in [0.25, 0.3) is 11.8 Å². The number of hydrogen-bond acceptors (Lipinski definition) is 5. The predicted octanol–water partition coefficient (Wildman–Crippen LogP) is -0.0653. The number of amides is 3. The standard InChI is InChI=1S/C12H14N2O5/c1-3-7-13(4-2)12(17)19-18-9-8-14-10(15)5-6-11(14)16/h1,5-6H,4,7-9H2,2H3. The fraction of sp³-hybridized carbons (Fsp3) is 0.417. The molecular formula is C12H14N2O5. The maximum absolute atomic E-state index is 11.4. The highest BCUT2D eigenvalue weighted by Gasteiger charge is 2.23. The minimum Gasteiger partial charge on any atom is -0.295 e. The van der Waals surface area contributed by atoms with E-state index >= 15 is 0 Å². The van der Waals surface area contributed by atoms with E-state index in [0.29, 0.717) is 6.54 Å². The number of carbonyl (C=O) groups is 3. The lowest BCUT2D eigenvalue weighted by Crippen LogP contribution is -2.35. The summed E-state index contributed by atoms with van der Waals surface area (Å²) >= 11 is 0. The van der Waals surface area contributed by atoms with Crippen molar-refractivity contribution in [1.82, 2.24) is 9.80 Å². The van der Waals surface area contributed by atoms with Gasteiger partial charge in [0.1, 0.15) is 6.61 Å². The van der Waals surface area contributed by atoms with Gasteiger partial charge in [0.15, 0.2) is 0 Å². The molecule has 0 aromatic carbocycles. The molecule has 0 N–H and O–H groups in total. The second kappa shape index (κ2) is 7.18. The van der Waals surface area contributed by atoms with E-state index in [4.69, 9.17) is 6.42 Å². The highest BCUT2D eigenvalue weighted by molar-refractivity contribution is 6.12. The molecule has 3 amide bonds. The fourth-order valence-corrected chi connectivity index (χ4v) is 1.34. The van der Waals surface area contributed by atoms with E-state index in [1.165, 1.54) is 17.1 Å². The summed E-state index contributed by atoms with van der Waals surface area (Å²) < 4.78 is 0. The normalized spacial score (nSPS) is 13.6. The Bertz CT molecular complexity index is 420. The van der Waals surface area contributed by atoms with Crippen molar-refractivity contribution in [3.05, 3.63) is 12.2 Å². The quantitative estimate of drug-likeness (QED) is 0.221. The van der Waals surface area contributed by atoms with Crippen molar-refractivity contribution in [1.29, 1.82) is 0 Å². The highest BCUT2D eigenvalue weighted by atomic mass is 17.2. The minimum absolute atomic E-state index is 0.0131. The van der Waals surface area contributed by atoms with Crippen LogP contribution in [0.3, 0.4) is 0 Å². The lowest BCUT2D eigenvalue weighted by atomic mass is 10.5. The topological polar surface area (TPSA) is 76.2 Å². The van der Waals surface area contributed by atoms with Gasteiger partial charge in [-0.05, 0) is 6.92 Å².